The van der Waals surface area contributed by atoms with Crippen LogP contribution >= 0.6 is 27.5 Å². The van der Waals surface area contributed by atoms with Gasteiger partial charge in [0.05, 0.1) is 10.4 Å². The van der Waals surface area contributed by atoms with E-state index >= 15 is 0 Å². The van der Waals surface area contributed by atoms with Gasteiger partial charge in [0.15, 0.2) is 0 Å². The van der Waals surface area contributed by atoms with Crippen LogP contribution < -0.4 is 10.6 Å². The third-order valence-electron chi connectivity index (χ3n) is 3.14. The van der Waals surface area contributed by atoms with Gasteiger partial charge in [0.25, 0.3) is 0 Å². The van der Waals surface area contributed by atoms with Gasteiger partial charge in [-0.15, -0.1) is 0 Å². The number of hydrogen-bond donors (Lipinski definition) is 2. The Morgan fingerprint density at radius 3 is 3.06 bits per heavy atom. The van der Waals surface area contributed by atoms with E-state index in [0.717, 1.165) is 23.7 Å². The van der Waals surface area contributed by atoms with Crippen LogP contribution in [0.25, 0.3) is 0 Å². The van der Waals surface area contributed by atoms with Gasteiger partial charge in [-0.3, -0.25) is 4.79 Å². The van der Waals surface area contributed by atoms with Crippen molar-refractivity contribution in [3.05, 3.63) is 16.0 Å². The van der Waals surface area contributed by atoms with Crippen molar-refractivity contribution in [2.24, 2.45) is 5.92 Å². The summed E-state index contributed by atoms with van der Waals surface area (Å²) in [5, 5.41) is 6.16. The molecule has 7 heteroatoms. The van der Waals surface area contributed by atoms with Crippen molar-refractivity contribution < 1.29 is 4.79 Å². The first-order valence-corrected chi connectivity index (χ1v) is 6.95. The van der Waals surface area contributed by atoms with Gasteiger partial charge >= 0.3 is 0 Å². The molecule has 0 bridgehead atoms. The minimum absolute atomic E-state index is 0.0179. The van der Waals surface area contributed by atoms with E-state index in [-0.39, 0.29) is 23.2 Å². The summed E-state index contributed by atoms with van der Waals surface area (Å²) in [5.41, 5.74) is 0. The molecule has 0 spiro atoms. The second-order valence-corrected chi connectivity index (χ2v) is 5.43. The molecule has 1 fully saturated rings. The molecule has 0 radical (unpaired) electrons. The Bertz CT molecular complexity index is 457. The SMILES string of the molecule is CNC(=O)[C@H]1CCCC1Nc1nc(Cl)ncc1Br. The predicted octanol–water partition coefficient (Wildman–Crippen LogP) is 2.22. The van der Waals surface area contributed by atoms with Crippen molar-refractivity contribution in [2.45, 2.75) is 25.3 Å². The van der Waals surface area contributed by atoms with Crippen molar-refractivity contribution >= 4 is 39.3 Å². The Hall–Kier alpha value is -0.880. The van der Waals surface area contributed by atoms with Gasteiger partial charge in [-0.1, -0.05) is 6.42 Å². The van der Waals surface area contributed by atoms with Crippen LogP contribution in [0.5, 0.6) is 0 Å². The highest BCUT2D eigenvalue weighted by Gasteiger charge is 2.32. The number of carbonyl (C=O) groups is 1. The molecule has 2 rings (SSSR count). The molecule has 2 atom stereocenters. The normalized spacial score (nSPS) is 22.8. The van der Waals surface area contributed by atoms with Crippen LogP contribution in [0.3, 0.4) is 0 Å². The minimum atomic E-state index is -0.0179. The second-order valence-electron chi connectivity index (χ2n) is 4.24. The van der Waals surface area contributed by atoms with Gasteiger partial charge in [-0.25, -0.2) is 4.98 Å². The zero-order valence-corrected chi connectivity index (χ0v) is 12.3. The summed E-state index contributed by atoms with van der Waals surface area (Å²) in [7, 11) is 1.66. The molecule has 1 aromatic heterocycles. The molecular weight excluding hydrogens is 320 g/mol. The first-order valence-electron chi connectivity index (χ1n) is 5.78. The van der Waals surface area contributed by atoms with E-state index in [9.17, 15) is 4.79 Å². The lowest BCUT2D eigenvalue weighted by molar-refractivity contribution is -0.124. The number of rotatable bonds is 3. The number of nitrogens with zero attached hydrogens (tertiary/aromatic N) is 2. The van der Waals surface area contributed by atoms with Crippen molar-refractivity contribution in [1.82, 2.24) is 15.3 Å². The van der Waals surface area contributed by atoms with Crippen LogP contribution in [-0.2, 0) is 4.79 Å². The number of amides is 1. The van der Waals surface area contributed by atoms with E-state index in [1.807, 2.05) is 0 Å². The van der Waals surface area contributed by atoms with E-state index in [2.05, 4.69) is 36.5 Å². The monoisotopic (exact) mass is 332 g/mol. The molecule has 1 aliphatic carbocycles. The number of halogens is 2. The molecule has 1 aromatic rings. The van der Waals surface area contributed by atoms with Gasteiger partial charge in [-0.2, -0.15) is 4.98 Å². The third-order valence-corrected chi connectivity index (χ3v) is 3.90. The maximum absolute atomic E-state index is 11.7. The lowest BCUT2D eigenvalue weighted by Gasteiger charge is -2.20. The van der Waals surface area contributed by atoms with Crippen LogP contribution in [0, 0.1) is 5.92 Å². The molecule has 18 heavy (non-hydrogen) atoms. The van der Waals surface area contributed by atoms with Gasteiger partial charge in [0.2, 0.25) is 11.2 Å². The fourth-order valence-corrected chi connectivity index (χ4v) is 2.69. The van der Waals surface area contributed by atoms with Crippen LogP contribution in [-0.4, -0.2) is 29.0 Å². The van der Waals surface area contributed by atoms with E-state index in [4.69, 9.17) is 11.6 Å². The maximum Gasteiger partial charge on any atom is 0.224 e. The standard InChI is InChI=1S/C11H14BrClN4O/c1-14-10(18)6-3-2-4-8(6)16-9-7(12)5-15-11(13)17-9/h5-6,8H,2-4H2,1H3,(H,14,18)(H,15,16,17)/t6-,8?/m0/s1. The average Bonchev–Trinajstić information content (AvgIpc) is 2.81. The number of nitrogens with one attached hydrogen (secondary N) is 2. The summed E-state index contributed by atoms with van der Waals surface area (Å²) in [6, 6.07) is 0.0900. The first kappa shape index (κ1) is 13.5. The predicted molar refractivity (Wildman–Crippen MR) is 73.6 cm³/mol. The first-order chi connectivity index (χ1) is 8.61. The minimum Gasteiger partial charge on any atom is -0.365 e. The maximum atomic E-state index is 11.7. The molecule has 1 saturated carbocycles. The Morgan fingerprint density at radius 1 is 1.56 bits per heavy atom. The second kappa shape index (κ2) is 5.84. The Morgan fingerprint density at radius 2 is 2.33 bits per heavy atom. The van der Waals surface area contributed by atoms with Crippen LogP contribution in [0.1, 0.15) is 19.3 Å². The highest BCUT2D eigenvalue weighted by molar-refractivity contribution is 9.10. The highest BCUT2D eigenvalue weighted by Crippen LogP contribution is 2.30. The van der Waals surface area contributed by atoms with Gasteiger partial charge < -0.3 is 10.6 Å². The molecule has 1 heterocycles. The van der Waals surface area contributed by atoms with Crippen LogP contribution in [0.2, 0.25) is 5.28 Å². The number of anilines is 1. The van der Waals surface area contributed by atoms with Crippen molar-refractivity contribution in [2.75, 3.05) is 12.4 Å². The summed E-state index contributed by atoms with van der Waals surface area (Å²) in [6.07, 6.45) is 4.48. The van der Waals surface area contributed by atoms with E-state index in [1.165, 1.54) is 0 Å². The molecule has 1 unspecified atom stereocenters. The molecule has 0 saturated heterocycles. The molecule has 0 aliphatic heterocycles. The fraction of sp³-hybridized carbons (Fsp3) is 0.545. The van der Waals surface area contributed by atoms with Gasteiger partial charge in [-0.05, 0) is 40.4 Å². The van der Waals surface area contributed by atoms with Gasteiger partial charge in [0, 0.05) is 19.3 Å². The zero-order valence-electron chi connectivity index (χ0n) is 9.91. The number of carbonyl (C=O) groups excluding carboxylic acids is 1. The summed E-state index contributed by atoms with van der Waals surface area (Å²) in [6.45, 7) is 0. The Balaban J connectivity index is 2.13. The van der Waals surface area contributed by atoms with Crippen LogP contribution in [0.4, 0.5) is 5.82 Å². The lowest BCUT2D eigenvalue weighted by atomic mass is 10.0. The van der Waals surface area contributed by atoms with E-state index < -0.39 is 0 Å². The van der Waals surface area contributed by atoms with Crippen molar-refractivity contribution in [1.29, 1.82) is 0 Å². The largest absolute Gasteiger partial charge is 0.365 e. The third kappa shape index (κ3) is 2.92. The molecule has 98 valence electrons. The van der Waals surface area contributed by atoms with Gasteiger partial charge in [0.1, 0.15) is 5.82 Å². The summed E-state index contributed by atoms with van der Waals surface area (Å²) >= 11 is 9.13. The average molecular weight is 334 g/mol. The Kier molecular flexibility index (Phi) is 4.40. The van der Waals surface area contributed by atoms with Crippen molar-refractivity contribution in [3.63, 3.8) is 0 Å². The molecule has 1 amide bonds. The number of aromatic nitrogens is 2. The molecular formula is C11H14BrClN4O. The Labute approximate surface area is 119 Å². The lowest BCUT2D eigenvalue weighted by Crippen LogP contribution is -2.36. The van der Waals surface area contributed by atoms with Crippen LogP contribution in [0.15, 0.2) is 10.7 Å². The van der Waals surface area contributed by atoms with E-state index in [0.29, 0.717) is 5.82 Å². The summed E-state index contributed by atoms with van der Waals surface area (Å²) < 4.78 is 0.745. The molecule has 5 nitrogen and oxygen atoms in total. The number of hydrogen-bond acceptors (Lipinski definition) is 4. The fourth-order valence-electron chi connectivity index (χ4n) is 2.25. The summed E-state index contributed by atoms with van der Waals surface area (Å²) in [4.78, 5) is 19.7. The quantitative estimate of drug-likeness (QED) is 0.832. The van der Waals surface area contributed by atoms with Crippen molar-refractivity contribution in [3.8, 4) is 0 Å². The summed E-state index contributed by atoms with van der Waals surface area (Å²) in [5.74, 6) is 0.688. The van der Waals surface area contributed by atoms with E-state index in [1.54, 1.807) is 13.2 Å². The smallest absolute Gasteiger partial charge is 0.224 e. The highest BCUT2D eigenvalue weighted by atomic mass is 79.9. The molecule has 2 N–H and O–H groups in total. The topological polar surface area (TPSA) is 66.9 Å². The molecule has 1 aliphatic rings. The molecule has 0 aromatic carbocycles. The zero-order chi connectivity index (χ0) is 13.1.